The van der Waals surface area contributed by atoms with Crippen molar-refractivity contribution in [2.24, 2.45) is 0 Å². The lowest BCUT2D eigenvalue weighted by Gasteiger charge is -2.05. The first-order valence-electron chi connectivity index (χ1n) is 3.99. The first-order chi connectivity index (χ1) is 7.01. The van der Waals surface area contributed by atoms with E-state index in [0.717, 1.165) is 16.7 Å². The summed E-state index contributed by atoms with van der Waals surface area (Å²) in [5, 5.41) is -0.0319. The average Bonchev–Trinajstić information content (AvgIpc) is 2.17. The van der Waals surface area contributed by atoms with Gasteiger partial charge in [0.05, 0.1) is 12.2 Å². The van der Waals surface area contributed by atoms with Crippen LogP contribution in [0.3, 0.4) is 0 Å². The van der Waals surface area contributed by atoms with Crippen molar-refractivity contribution < 1.29 is 17.9 Å². The zero-order chi connectivity index (χ0) is 11.3. The highest BCUT2D eigenvalue weighted by molar-refractivity contribution is 8.16. The molecule has 0 aliphatic carbocycles. The summed E-state index contributed by atoms with van der Waals surface area (Å²) in [7, 11) is 1.54. The fourth-order valence-electron chi connectivity index (χ4n) is 0.836. The van der Waals surface area contributed by atoms with Crippen molar-refractivity contribution >= 4 is 23.5 Å². The minimum Gasteiger partial charge on any atom is -0.497 e. The Kier molecular flexibility index (Phi) is 4.66. The Labute approximate surface area is 94.4 Å². The summed E-state index contributed by atoms with van der Waals surface area (Å²) in [6.07, 6.45) is 0. The third-order valence-corrected chi connectivity index (χ3v) is 3.38. The van der Waals surface area contributed by atoms with Crippen LogP contribution in [0.25, 0.3) is 0 Å². The molecule has 84 valence electrons. The number of hydrogen-bond donors (Lipinski definition) is 0. The van der Waals surface area contributed by atoms with Crippen LogP contribution in [0, 0.1) is 0 Å². The molecular weight excluding hydrogens is 245 g/mol. The van der Waals surface area contributed by atoms with E-state index in [9.17, 15) is 13.2 Å². The van der Waals surface area contributed by atoms with Gasteiger partial charge in [0.1, 0.15) is 5.75 Å². The summed E-state index contributed by atoms with van der Waals surface area (Å²) in [6.45, 7) is 0. The van der Waals surface area contributed by atoms with Gasteiger partial charge in [-0.05, 0) is 36.0 Å². The van der Waals surface area contributed by atoms with Gasteiger partial charge in [-0.1, -0.05) is 0 Å². The molecule has 0 saturated heterocycles. The van der Waals surface area contributed by atoms with Crippen molar-refractivity contribution in [1.29, 1.82) is 0 Å². The second-order valence-corrected chi connectivity index (χ2v) is 4.98. The van der Waals surface area contributed by atoms with Crippen molar-refractivity contribution in [3.63, 3.8) is 0 Å². The summed E-state index contributed by atoms with van der Waals surface area (Å²) in [5.41, 5.74) is -4.15. The highest BCUT2D eigenvalue weighted by Gasteiger charge is 2.27. The molecular formula is C9H9F3OS2. The van der Waals surface area contributed by atoms with E-state index in [4.69, 9.17) is 4.74 Å². The summed E-state index contributed by atoms with van der Waals surface area (Å²) in [4.78, 5) is 0.799. The Morgan fingerprint density at radius 3 is 2.27 bits per heavy atom. The van der Waals surface area contributed by atoms with E-state index in [1.54, 1.807) is 31.4 Å². The van der Waals surface area contributed by atoms with Gasteiger partial charge in [0, 0.05) is 4.90 Å². The first kappa shape index (κ1) is 12.6. The number of methoxy groups -OCH3 is 1. The topological polar surface area (TPSA) is 9.23 Å². The van der Waals surface area contributed by atoms with E-state index >= 15 is 0 Å². The summed E-state index contributed by atoms with van der Waals surface area (Å²) >= 11 is 1.12. The molecule has 1 aromatic carbocycles. The third kappa shape index (κ3) is 5.22. The number of rotatable bonds is 4. The maximum absolute atomic E-state index is 11.8. The minimum atomic E-state index is -4.15. The Hall–Kier alpha value is -0.490. The van der Waals surface area contributed by atoms with E-state index in [1.807, 2.05) is 0 Å². The molecule has 0 aliphatic heterocycles. The molecule has 0 aromatic heterocycles. The summed E-state index contributed by atoms with van der Waals surface area (Å²) in [5.74, 6) is 0.697. The Bertz CT molecular complexity index is 297. The quantitative estimate of drug-likeness (QED) is 0.593. The highest BCUT2D eigenvalue weighted by Crippen LogP contribution is 2.35. The van der Waals surface area contributed by atoms with Crippen LogP contribution in [0.5, 0.6) is 5.75 Å². The van der Waals surface area contributed by atoms with Crippen molar-refractivity contribution in [3.05, 3.63) is 24.3 Å². The first-order valence-corrected chi connectivity index (χ1v) is 5.96. The van der Waals surface area contributed by atoms with Crippen LogP contribution in [-0.2, 0) is 0 Å². The molecule has 6 heteroatoms. The van der Waals surface area contributed by atoms with Crippen LogP contribution in [0.15, 0.2) is 29.2 Å². The summed E-state index contributed by atoms with van der Waals surface area (Å²) in [6, 6.07) is 6.92. The van der Waals surface area contributed by atoms with Gasteiger partial charge in [-0.3, -0.25) is 0 Å². The van der Waals surface area contributed by atoms with Crippen molar-refractivity contribution in [2.75, 3.05) is 12.2 Å². The zero-order valence-corrected chi connectivity index (χ0v) is 9.51. The van der Waals surface area contributed by atoms with E-state index in [-0.39, 0.29) is 16.8 Å². The minimum absolute atomic E-state index is 0.0299. The molecule has 1 aromatic rings. The lowest BCUT2D eigenvalue weighted by atomic mass is 10.3. The average molecular weight is 254 g/mol. The van der Waals surface area contributed by atoms with Gasteiger partial charge in [-0.25, -0.2) is 0 Å². The lowest BCUT2D eigenvalue weighted by molar-refractivity contribution is -0.0324. The molecule has 0 saturated carbocycles. The van der Waals surface area contributed by atoms with E-state index in [0.29, 0.717) is 5.75 Å². The second-order valence-electron chi connectivity index (χ2n) is 2.53. The van der Waals surface area contributed by atoms with Crippen LogP contribution >= 0.6 is 23.5 Å². The van der Waals surface area contributed by atoms with Crippen LogP contribution in [0.2, 0.25) is 0 Å². The lowest BCUT2D eigenvalue weighted by Crippen LogP contribution is -1.99. The molecule has 0 N–H and O–H groups in total. The monoisotopic (exact) mass is 254 g/mol. The smallest absolute Gasteiger partial charge is 0.442 e. The predicted molar refractivity (Wildman–Crippen MR) is 57.4 cm³/mol. The van der Waals surface area contributed by atoms with E-state index < -0.39 is 5.51 Å². The number of hydrogen-bond acceptors (Lipinski definition) is 3. The van der Waals surface area contributed by atoms with Gasteiger partial charge in [0.2, 0.25) is 0 Å². The van der Waals surface area contributed by atoms with E-state index in [2.05, 4.69) is 0 Å². The maximum atomic E-state index is 11.8. The molecule has 0 unspecified atom stereocenters. The van der Waals surface area contributed by atoms with Gasteiger partial charge < -0.3 is 4.74 Å². The van der Waals surface area contributed by atoms with Crippen molar-refractivity contribution in [3.8, 4) is 5.75 Å². The number of benzene rings is 1. The predicted octanol–water partition coefficient (Wildman–Crippen LogP) is 4.00. The largest absolute Gasteiger partial charge is 0.497 e. The van der Waals surface area contributed by atoms with Gasteiger partial charge in [-0.15, -0.1) is 11.8 Å². The molecule has 1 nitrogen and oxygen atoms in total. The van der Waals surface area contributed by atoms with Crippen LogP contribution in [0.1, 0.15) is 0 Å². The molecule has 15 heavy (non-hydrogen) atoms. The Morgan fingerprint density at radius 1 is 1.20 bits per heavy atom. The fraction of sp³-hybridized carbons (Fsp3) is 0.333. The van der Waals surface area contributed by atoms with Gasteiger partial charge in [-0.2, -0.15) is 13.2 Å². The van der Waals surface area contributed by atoms with Crippen LogP contribution < -0.4 is 4.74 Å². The molecule has 0 radical (unpaired) electrons. The van der Waals surface area contributed by atoms with Crippen LogP contribution in [0.4, 0.5) is 13.2 Å². The molecule has 0 bridgehead atoms. The number of thioether (sulfide) groups is 2. The Morgan fingerprint density at radius 2 is 1.80 bits per heavy atom. The normalized spacial score (nSPS) is 11.5. The molecule has 1 rings (SSSR count). The fourth-order valence-corrected chi connectivity index (χ4v) is 2.48. The van der Waals surface area contributed by atoms with Crippen LogP contribution in [-0.4, -0.2) is 17.7 Å². The van der Waals surface area contributed by atoms with Crippen molar-refractivity contribution in [1.82, 2.24) is 0 Å². The van der Waals surface area contributed by atoms with E-state index in [1.165, 1.54) is 0 Å². The molecule has 0 amide bonds. The van der Waals surface area contributed by atoms with Gasteiger partial charge in [0.15, 0.2) is 0 Å². The SMILES string of the molecule is COc1ccc(SCSC(F)(F)F)cc1. The number of alkyl halides is 3. The van der Waals surface area contributed by atoms with Crippen molar-refractivity contribution in [2.45, 2.75) is 10.4 Å². The zero-order valence-electron chi connectivity index (χ0n) is 7.88. The van der Waals surface area contributed by atoms with Gasteiger partial charge in [0.25, 0.3) is 0 Å². The molecule has 0 heterocycles. The maximum Gasteiger partial charge on any atom is 0.442 e. The molecule has 0 spiro atoms. The summed E-state index contributed by atoms with van der Waals surface area (Å²) < 4.78 is 40.4. The standard InChI is InChI=1S/C9H9F3OS2/c1-13-7-2-4-8(5-3-7)14-6-15-9(10,11)12/h2-5H,6H2,1H3. The molecule has 0 aliphatic rings. The highest BCUT2D eigenvalue weighted by atomic mass is 32.2. The Balaban J connectivity index is 2.38. The number of ether oxygens (including phenoxy) is 1. The molecule has 0 fully saturated rings. The second kappa shape index (κ2) is 5.55. The van der Waals surface area contributed by atoms with Gasteiger partial charge >= 0.3 is 5.51 Å². The molecule has 0 atom stereocenters. The number of halogens is 3. The third-order valence-electron chi connectivity index (χ3n) is 1.51.